The van der Waals surface area contributed by atoms with E-state index in [1.165, 1.54) is 19.3 Å². The van der Waals surface area contributed by atoms with Crippen molar-refractivity contribution < 1.29 is 17.9 Å². The van der Waals surface area contributed by atoms with Crippen molar-refractivity contribution in [3.05, 3.63) is 42.0 Å². The summed E-state index contributed by atoms with van der Waals surface area (Å²) in [7, 11) is 1.30. The van der Waals surface area contributed by atoms with Gasteiger partial charge in [-0.2, -0.15) is 13.2 Å². The van der Waals surface area contributed by atoms with E-state index >= 15 is 0 Å². The zero-order valence-electron chi connectivity index (χ0n) is 8.71. The van der Waals surface area contributed by atoms with Crippen LogP contribution in [0.15, 0.2) is 30.9 Å². The van der Waals surface area contributed by atoms with Gasteiger partial charge in [0.1, 0.15) is 5.75 Å². The van der Waals surface area contributed by atoms with E-state index in [0.29, 0.717) is 5.56 Å². The van der Waals surface area contributed by atoms with Crippen LogP contribution in [-0.2, 0) is 6.18 Å². The highest BCUT2D eigenvalue weighted by molar-refractivity contribution is 5.38. The summed E-state index contributed by atoms with van der Waals surface area (Å²) in [6.07, 6.45) is -3.04. The van der Waals surface area contributed by atoms with E-state index in [4.69, 9.17) is 10.5 Å². The minimum Gasteiger partial charge on any atom is -0.497 e. The standard InChI is InChI=1S/C11H12F3NO/c1-3-10(15)7-4-8(11(12,13)14)6-9(5-7)16-2/h3-6,10H,1,15H2,2H3/t10-/m0/s1. The summed E-state index contributed by atoms with van der Waals surface area (Å²) in [5, 5.41) is 0. The molecule has 1 aromatic carbocycles. The summed E-state index contributed by atoms with van der Waals surface area (Å²) in [6, 6.07) is 2.74. The van der Waals surface area contributed by atoms with Gasteiger partial charge in [0.2, 0.25) is 0 Å². The molecule has 1 atom stereocenters. The maximum atomic E-state index is 12.5. The van der Waals surface area contributed by atoms with Crippen molar-refractivity contribution in [3.8, 4) is 5.75 Å². The van der Waals surface area contributed by atoms with Gasteiger partial charge in [0.25, 0.3) is 0 Å². The largest absolute Gasteiger partial charge is 0.497 e. The third kappa shape index (κ3) is 2.76. The topological polar surface area (TPSA) is 35.2 Å². The second-order valence-corrected chi connectivity index (χ2v) is 3.25. The first kappa shape index (κ1) is 12.6. The van der Waals surface area contributed by atoms with E-state index < -0.39 is 17.8 Å². The fourth-order valence-electron chi connectivity index (χ4n) is 1.23. The van der Waals surface area contributed by atoms with Crippen LogP contribution in [0.1, 0.15) is 17.2 Å². The van der Waals surface area contributed by atoms with E-state index in [1.807, 2.05) is 0 Å². The third-order valence-corrected chi connectivity index (χ3v) is 2.13. The average molecular weight is 231 g/mol. The molecule has 0 amide bonds. The Kier molecular flexibility index (Phi) is 3.59. The first-order valence-corrected chi connectivity index (χ1v) is 4.52. The quantitative estimate of drug-likeness (QED) is 0.812. The lowest BCUT2D eigenvalue weighted by Crippen LogP contribution is -2.11. The van der Waals surface area contributed by atoms with Crippen molar-refractivity contribution in [2.45, 2.75) is 12.2 Å². The number of halogens is 3. The van der Waals surface area contributed by atoms with Gasteiger partial charge >= 0.3 is 6.18 Å². The number of benzene rings is 1. The molecular weight excluding hydrogens is 219 g/mol. The third-order valence-electron chi connectivity index (χ3n) is 2.13. The van der Waals surface area contributed by atoms with Crippen LogP contribution in [-0.4, -0.2) is 7.11 Å². The number of alkyl halides is 3. The van der Waals surface area contributed by atoms with Gasteiger partial charge in [0.05, 0.1) is 12.7 Å². The van der Waals surface area contributed by atoms with Gasteiger partial charge in [-0.05, 0) is 23.8 Å². The molecule has 0 heterocycles. The van der Waals surface area contributed by atoms with Crippen LogP contribution in [0.5, 0.6) is 5.75 Å². The maximum Gasteiger partial charge on any atom is 0.416 e. The molecule has 1 rings (SSSR count). The molecule has 0 radical (unpaired) electrons. The second kappa shape index (κ2) is 4.57. The molecule has 0 saturated heterocycles. The summed E-state index contributed by atoms with van der Waals surface area (Å²) < 4.78 is 42.4. The van der Waals surface area contributed by atoms with Gasteiger partial charge in [-0.15, -0.1) is 6.58 Å². The van der Waals surface area contributed by atoms with E-state index in [2.05, 4.69) is 6.58 Å². The summed E-state index contributed by atoms with van der Waals surface area (Å²) in [6.45, 7) is 3.44. The van der Waals surface area contributed by atoms with Crippen LogP contribution in [0.3, 0.4) is 0 Å². The number of nitrogens with two attached hydrogens (primary N) is 1. The molecule has 2 N–H and O–H groups in total. The van der Waals surface area contributed by atoms with Gasteiger partial charge in [0, 0.05) is 6.04 Å². The predicted octanol–water partition coefficient (Wildman–Crippen LogP) is 2.90. The van der Waals surface area contributed by atoms with Gasteiger partial charge in [-0.3, -0.25) is 0 Å². The fraction of sp³-hybridized carbons (Fsp3) is 0.273. The lowest BCUT2D eigenvalue weighted by Gasteiger charge is -2.13. The van der Waals surface area contributed by atoms with Crippen molar-refractivity contribution in [3.63, 3.8) is 0 Å². The Morgan fingerprint density at radius 2 is 2.00 bits per heavy atom. The van der Waals surface area contributed by atoms with E-state index in [0.717, 1.165) is 12.1 Å². The molecule has 0 unspecified atom stereocenters. The van der Waals surface area contributed by atoms with Crippen LogP contribution >= 0.6 is 0 Å². The summed E-state index contributed by atoms with van der Waals surface area (Å²) in [5.74, 6) is 0.127. The highest BCUT2D eigenvalue weighted by Crippen LogP contribution is 2.33. The Morgan fingerprint density at radius 1 is 1.38 bits per heavy atom. The predicted molar refractivity (Wildman–Crippen MR) is 55.1 cm³/mol. The number of hydrogen-bond acceptors (Lipinski definition) is 2. The Morgan fingerprint density at radius 3 is 2.44 bits per heavy atom. The molecule has 0 fully saturated rings. The normalized spacial score (nSPS) is 13.3. The number of rotatable bonds is 3. The Bertz CT molecular complexity index is 387. The van der Waals surface area contributed by atoms with Crippen LogP contribution in [0.25, 0.3) is 0 Å². The summed E-state index contributed by atoms with van der Waals surface area (Å²) in [4.78, 5) is 0. The van der Waals surface area contributed by atoms with Crippen molar-refractivity contribution in [2.24, 2.45) is 5.73 Å². The van der Waals surface area contributed by atoms with Gasteiger partial charge in [-0.1, -0.05) is 6.08 Å². The molecule has 0 aliphatic carbocycles. The molecule has 0 saturated carbocycles. The minimum atomic E-state index is -4.41. The molecule has 1 aromatic rings. The van der Waals surface area contributed by atoms with E-state index in [1.54, 1.807) is 0 Å². The second-order valence-electron chi connectivity index (χ2n) is 3.25. The zero-order chi connectivity index (χ0) is 12.3. The smallest absolute Gasteiger partial charge is 0.416 e. The molecular formula is C11H12F3NO. The Labute approximate surface area is 91.5 Å². The number of ether oxygens (including phenoxy) is 1. The maximum absolute atomic E-state index is 12.5. The summed E-state index contributed by atoms with van der Waals surface area (Å²) >= 11 is 0. The minimum absolute atomic E-state index is 0.127. The van der Waals surface area contributed by atoms with Crippen LogP contribution in [0, 0.1) is 0 Å². The zero-order valence-corrected chi connectivity index (χ0v) is 8.71. The van der Waals surface area contributed by atoms with Crippen molar-refractivity contribution in [2.75, 3.05) is 7.11 Å². The fourth-order valence-corrected chi connectivity index (χ4v) is 1.23. The van der Waals surface area contributed by atoms with Crippen molar-refractivity contribution in [1.29, 1.82) is 0 Å². The molecule has 0 spiro atoms. The molecule has 0 aliphatic heterocycles. The van der Waals surface area contributed by atoms with Crippen molar-refractivity contribution >= 4 is 0 Å². The first-order valence-electron chi connectivity index (χ1n) is 4.52. The lowest BCUT2D eigenvalue weighted by molar-refractivity contribution is -0.137. The Balaban J connectivity index is 3.26. The monoisotopic (exact) mass is 231 g/mol. The number of hydrogen-bond donors (Lipinski definition) is 1. The van der Waals surface area contributed by atoms with E-state index in [-0.39, 0.29) is 5.75 Å². The summed E-state index contributed by atoms with van der Waals surface area (Å²) in [5.41, 5.74) is 5.13. The average Bonchev–Trinajstić information content (AvgIpc) is 2.26. The van der Waals surface area contributed by atoms with Crippen LogP contribution in [0.4, 0.5) is 13.2 Å². The van der Waals surface area contributed by atoms with Crippen molar-refractivity contribution in [1.82, 2.24) is 0 Å². The van der Waals surface area contributed by atoms with E-state index in [9.17, 15) is 13.2 Å². The molecule has 0 aromatic heterocycles. The highest BCUT2D eigenvalue weighted by Gasteiger charge is 2.31. The van der Waals surface area contributed by atoms with Gasteiger partial charge in [-0.25, -0.2) is 0 Å². The molecule has 0 bridgehead atoms. The Hall–Kier alpha value is -1.49. The lowest BCUT2D eigenvalue weighted by atomic mass is 10.0. The molecule has 0 aliphatic rings. The molecule has 88 valence electrons. The van der Waals surface area contributed by atoms with Crippen LogP contribution in [0.2, 0.25) is 0 Å². The van der Waals surface area contributed by atoms with Gasteiger partial charge in [0.15, 0.2) is 0 Å². The van der Waals surface area contributed by atoms with Gasteiger partial charge < -0.3 is 10.5 Å². The molecule has 2 nitrogen and oxygen atoms in total. The molecule has 5 heteroatoms. The first-order chi connectivity index (χ1) is 7.38. The SMILES string of the molecule is C=C[C@H](N)c1cc(OC)cc(C(F)(F)F)c1. The molecule has 16 heavy (non-hydrogen) atoms. The van der Waals surface area contributed by atoms with Crippen LogP contribution < -0.4 is 10.5 Å². The highest BCUT2D eigenvalue weighted by atomic mass is 19.4. The number of methoxy groups -OCH3 is 1.